The molecular weight excluding hydrogens is 463 g/mol. The molecule has 5 aromatic rings. The van der Waals surface area contributed by atoms with Crippen LogP contribution in [0.2, 0.25) is 0 Å². The van der Waals surface area contributed by atoms with E-state index in [0.29, 0.717) is 16.8 Å². The molecule has 0 saturated heterocycles. The van der Waals surface area contributed by atoms with Crippen LogP contribution in [0.25, 0.3) is 21.8 Å². The lowest BCUT2D eigenvalue weighted by Crippen LogP contribution is -1.87. The van der Waals surface area contributed by atoms with Crippen molar-refractivity contribution in [3.05, 3.63) is 100 Å². The molecule has 0 aliphatic rings. The number of pyridine rings is 2. The smallest absolute Gasteiger partial charge is 0.141 e. The number of nitrogens with zero attached hydrogens (tertiary/aromatic N) is 2. The number of aromatic hydroxyl groups is 3. The Balaban J connectivity index is 0.000000191. The van der Waals surface area contributed by atoms with Gasteiger partial charge in [0.05, 0.1) is 0 Å². The van der Waals surface area contributed by atoms with Gasteiger partial charge in [0.2, 0.25) is 0 Å². The van der Waals surface area contributed by atoms with E-state index in [9.17, 15) is 10.2 Å². The molecule has 0 spiro atoms. The fraction of sp³-hybridized carbons (Fsp3) is 0.200. The second-order valence-electron chi connectivity index (χ2n) is 8.85. The van der Waals surface area contributed by atoms with E-state index in [1.165, 1.54) is 0 Å². The Labute approximate surface area is 223 Å². The molecule has 0 unspecified atom stereocenters. The van der Waals surface area contributed by atoms with Gasteiger partial charge < -0.3 is 15.3 Å². The Hall–Kier alpha value is -3.59. The highest BCUT2D eigenvalue weighted by Crippen LogP contribution is 2.26. The lowest BCUT2D eigenvalue weighted by molar-refractivity contribution is 0.474. The summed E-state index contributed by atoms with van der Waals surface area (Å²) in [5.74, 6) is 0.862. The van der Waals surface area contributed by atoms with Crippen LogP contribution in [0.5, 0.6) is 17.2 Å². The van der Waals surface area contributed by atoms with Crippen LogP contribution in [0, 0.1) is 41.5 Å². The predicted molar refractivity (Wildman–Crippen MR) is 149 cm³/mol. The van der Waals surface area contributed by atoms with Crippen LogP contribution < -0.4 is 0 Å². The van der Waals surface area contributed by atoms with Crippen LogP contribution in [-0.2, 0) is 0 Å². The minimum atomic E-state index is 0. The van der Waals surface area contributed by atoms with Crippen LogP contribution in [0.15, 0.2) is 66.7 Å². The lowest BCUT2D eigenvalue weighted by atomic mass is 10.1. The van der Waals surface area contributed by atoms with Gasteiger partial charge in [0.15, 0.2) is 0 Å². The third-order valence-electron chi connectivity index (χ3n) is 5.51. The molecule has 0 aliphatic carbocycles. The standard InChI is InChI=1S/2C11H11NO.C8H10O.Al/c2*1-7-6-8(2)12-11-9(7)4-3-5-10(11)13;1-6-3-7(2)5-8(9)4-6;/h2*3-6,13H,1-2H3;3-5,9H,1-2H3;. The van der Waals surface area contributed by atoms with Gasteiger partial charge in [0, 0.05) is 39.5 Å². The van der Waals surface area contributed by atoms with Crippen LogP contribution in [0.1, 0.15) is 33.6 Å². The second kappa shape index (κ2) is 12.4. The highest BCUT2D eigenvalue weighted by atomic mass is 27.0. The number of aromatic nitrogens is 2. The number of benzene rings is 3. The molecule has 0 atom stereocenters. The molecule has 0 saturated carbocycles. The van der Waals surface area contributed by atoms with Gasteiger partial charge in [-0.15, -0.1) is 0 Å². The molecule has 183 valence electrons. The normalized spacial score (nSPS) is 10.1. The van der Waals surface area contributed by atoms with Crippen molar-refractivity contribution in [3.63, 3.8) is 0 Å². The summed E-state index contributed by atoms with van der Waals surface area (Å²) in [4.78, 5) is 8.57. The lowest BCUT2D eigenvalue weighted by Gasteiger charge is -2.04. The highest BCUT2D eigenvalue weighted by Gasteiger charge is 2.04. The first-order valence-electron chi connectivity index (χ1n) is 11.4. The number of fused-ring (bicyclic) bond motifs is 2. The van der Waals surface area contributed by atoms with Crippen LogP contribution in [-0.4, -0.2) is 42.6 Å². The van der Waals surface area contributed by atoms with Gasteiger partial charge in [-0.2, -0.15) is 0 Å². The maximum absolute atomic E-state index is 9.56. The van der Waals surface area contributed by atoms with Crippen molar-refractivity contribution in [2.45, 2.75) is 41.5 Å². The Kier molecular flexibility index (Phi) is 9.86. The van der Waals surface area contributed by atoms with Crippen LogP contribution >= 0.6 is 0 Å². The zero-order valence-electron chi connectivity index (χ0n) is 21.7. The molecule has 36 heavy (non-hydrogen) atoms. The zero-order valence-corrected chi connectivity index (χ0v) is 22.8. The van der Waals surface area contributed by atoms with Crippen LogP contribution in [0.4, 0.5) is 0 Å². The van der Waals surface area contributed by atoms with Gasteiger partial charge >= 0.3 is 0 Å². The summed E-state index contributed by atoms with van der Waals surface area (Å²) in [5, 5.41) is 30.1. The summed E-state index contributed by atoms with van der Waals surface area (Å²) >= 11 is 0. The van der Waals surface area contributed by atoms with Crippen molar-refractivity contribution in [1.82, 2.24) is 9.97 Å². The molecule has 0 amide bonds. The fourth-order valence-corrected chi connectivity index (χ4v) is 4.08. The third-order valence-corrected chi connectivity index (χ3v) is 5.51. The Bertz CT molecular complexity index is 1360. The first kappa shape index (κ1) is 28.6. The molecular formula is C30H32AlN2O3. The summed E-state index contributed by atoms with van der Waals surface area (Å²) in [6.07, 6.45) is 0. The number of aryl methyl sites for hydroxylation is 6. The molecule has 5 rings (SSSR count). The highest BCUT2D eigenvalue weighted by molar-refractivity contribution is 5.87. The Morgan fingerprint density at radius 3 is 1.28 bits per heavy atom. The van der Waals surface area contributed by atoms with Crippen molar-refractivity contribution in [3.8, 4) is 17.2 Å². The molecule has 3 radical (unpaired) electrons. The predicted octanol–water partition coefficient (Wildman–Crippen LogP) is 6.74. The number of hydrogen-bond acceptors (Lipinski definition) is 5. The monoisotopic (exact) mass is 495 g/mol. The molecule has 3 N–H and O–H groups in total. The van der Waals surface area contributed by atoms with Gasteiger partial charge in [-0.3, -0.25) is 0 Å². The molecule has 2 aromatic heterocycles. The van der Waals surface area contributed by atoms with Gasteiger partial charge in [0.25, 0.3) is 0 Å². The molecule has 6 heteroatoms. The van der Waals surface area contributed by atoms with E-state index < -0.39 is 0 Å². The van der Waals surface area contributed by atoms with Gasteiger partial charge in [-0.05, 0) is 100 Å². The number of phenolic OH excluding ortho intramolecular Hbond substituents is 3. The summed E-state index contributed by atoms with van der Waals surface area (Å²) in [7, 11) is 0. The average Bonchev–Trinajstić information content (AvgIpc) is 2.75. The zero-order chi connectivity index (χ0) is 25.7. The van der Waals surface area contributed by atoms with Crippen molar-refractivity contribution < 1.29 is 15.3 Å². The van der Waals surface area contributed by atoms with E-state index in [1.807, 2.05) is 84.0 Å². The Morgan fingerprint density at radius 1 is 0.528 bits per heavy atom. The maximum atomic E-state index is 9.56. The van der Waals surface area contributed by atoms with Crippen molar-refractivity contribution in [2.24, 2.45) is 0 Å². The van der Waals surface area contributed by atoms with E-state index in [2.05, 4.69) is 9.97 Å². The third kappa shape index (κ3) is 7.21. The number of phenols is 3. The first-order chi connectivity index (χ1) is 16.5. The largest absolute Gasteiger partial charge is 0.508 e. The quantitative estimate of drug-likeness (QED) is 0.207. The minimum Gasteiger partial charge on any atom is -0.508 e. The second-order valence-corrected chi connectivity index (χ2v) is 8.85. The van der Waals surface area contributed by atoms with Crippen molar-refractivity contribution in [2.75, 3.05) is 0 Å². The summed E-state index contributed by atoms with van der Waals surface area (Å²) in [6.45, 7) is 11.8. The van der Waals surface area contributed by atoms with Crippen molar-refractivity contribution in [1.29, 1.82) is 0 Å². The van der Waals surface area contributed by atoms with E-state index in [-0.39, 0.29) is 28.9 Å². The van der Waals surface area contributed by atoms with Crippen LogP contribution in [0.3, 0.4) is 0 Å². The average molecular weight is 496 g/mol. The SMILES string of the molecule is Cc1cc(C)c2cccc(O)c2n1.Cc1cc(C)c2cccc(O)c2n1.Cc1cc(C)cc(O)c1.[Al]. The Morgan fingerprint density at radius 2 is 0.917 bits per heavy atom. The van der Waals surface area contributed by atoms with Gasteiger partial charge in [-0.1, -0.05) is 30.3 Å². The van der Waals surface area contributed by atoms with E-state index in [1.54, 1.807) is 24.3 Å². The van der Waals surface area contributed by atoms with Crippen molar-refractivity contribution >= 4 is 39.2 Å². The fourth-order valence-electron chi connectivity index (χ4n) is 4.08. The summed E-state index contributed by atoms with van der Waals surface area (Å²) < 4.78 is 0. The van der Waals surface area contributed by atoms with Gasteiger partial charge in [0.1, 0.15) is 28.3 Å². The number of rotatable bonds is 0. The number of para-hydroxylation sites is 2. The van der Waals surface area contributed by atoms with E-state index >= 15 is 0 Å². The first-order valence-corrected chi connectivity index (χ1v) is 11.4. The molecule has 3 aromatic carbocycles. The number of hydrogen-bond donors (Lipinski definition) is 3. The molecule has 0 aliphatic heterocycles. The maximum Gasteiger partial charge on any atom is 0.141 e. The molecule has 2 heterocycles. The van der Waals surface area contributed by atoms with Gasteiger partial charge in [-0.25, -0.2) is 9.97 Å². The molecule has 0 fully saturated rings. The van der Waals surface area contributed by atoms with E-state index in [0.717, 1.165) is 44.4 Å². The topological polar surface area (TPSA) is 86.5 Å². The molecule has 5 nitrogen and oxygen atoms in total. The van der Waals surface area contributed by atoms with E-state index in [4.69, 9.17) is 5.11 Å². The summed E-state index contributed by atoms with van der Waals surface area (Å²) in [5.41, 5.74) is 7.77. The molecule has 0 bridgehead atoms. The minimum absolute atomic E-state index is 0. The summed E-state index contributed by atoms with van der Waals surface area (Å²) in [6, 6.07) is 20.5.